The van der Waals surface area contributed by atoms with E-state index in [1.807, 2.05) is 24.3 Å². The Kier molecular flexibility index (Phi) is 5.09. The largest absolute Gasteiger partial charge is 0.495 e. The van der Waals surface area contributed by atoms with Crippen molar-refractivity contribution in [2.75, 3.05) is 13.2 Å². The predicted molar refractivity (Wildman–Crippen MR) is 96.4 cm³/mol. The van der Waals surface area contributed by atoms with Gasteiger partial charge in [-0.05, 0) is 30.2 Å². The minimum Gasteiger partial charge on any atom is -0.495 e. The lowest BCUT2D eigenvalue weighted by Gasteiger charge is -2.31. The molecule has 2 aliphatic rings. The van der Waals surface area contributed by atoms with Crippen LogP contribution in [0.1, 0.15) is 32.3 Å². The summed E-state index contributed by atoms with van der Waals surface area (Å²) in [4.78, 5) is 11.3. The zero-order valence-corrected chi connectivity index (χ0v) is 14.8. The Labute approximate surface area is 148 Å². The van der Waals surface area contributed by atoms with Crippen LogP contribution >= 0.6 is 0 Å². The van der Waals surface area contributed by atoms with Crippen molar-refractivity contribution in [2.24, 2.45) is 0 Å². The predicted octanol–water partition coefficient (Wildman–Crippen LogP) is 4.08. The lowest BCUT2D eigenvalue weighted by Crippen LogP contribution is -2.22. The summed E-state index contributed by atoms with van der Waals surface area (Å²) in [6, 6.07) is 7.66. The number of hydrogen-bond acceptors (Lipinski definition) is 4. The minimum absolute atomic E-state index is 0.0946. The number of rotatable bonds is 7. The van der Waals surface area contributed by atoms with Crippen molar-refractivity contribution >= 4 is 5.97 Å². The molecule has 1 saturated heterocycles. The summed E-state index contributed by atoms with van der Waals surface area (Å²) in [5.41, 5.74) is 2.45. The topological polar surface area (TPSA) is 48.1 Å². The van der Waals surface area contributed by atoms with Gasteiger partial charge in [-0.25, -0.2) is 4.79 Å². The fraction of sp³-hybridized carbons (Fsp3) is 0.381. The molecule has 0 bridgehead atoms. The van der Waals surface area contributed by atoms with Crippen molar-refractivity contribution in [1.29, 1.82) is 0 Å². The van der Waals surface area contributed by atoms with Gasteiger partial charge in [0.2, 0.25) is 0 Å². The molecule has 0 aromatic heterocycles. The number of hydrogen-bond donors (Lipinski definition) is 0. The van der Waals surface area contributed by atoms with Gasteiger partial charge in [-0.2, -0.15) is 0 Å². The van der Waals surface area contributed by atoms with Gasteiger partial charge in [0.05, 0.1) is 12.4 Å². The molecular weight excluding hydrogens is 316 g/mol. The zero-order valence-electron chi connectivity index (χ0n) is 14.8. The van der Waals surface area contributed by atoms with E-state index in [0.717, 1.165) is 31.3 Å². The van der Waals surface area contributed by atoms with E-state index in [4.69, 9.17) is 14.2 Å². The van der Waals surface area contributed by atoms with Crippen LogP contribution in [-0.4, -0.2) is 25.3 Å². The summed E-state index contributed by atoms with van der Waals surface area (Å²) in [5, 5.41) is 0. The van der Waals surface area contributed by atoms with Crippen molar-refractivity contribution in [2.45, 2.75) is 38.2 Å². The van der Waals surface area contributed by atoms with Crippen molar-refractivity contribution in [1.82, 2.24) is 0 Å². The Hall–Kier alpha value is -2.33. The Balaban J connectivity index is 1.67. The maximum atomic E-state index is 11.3. The molecule has 0 saturated carbocycles. The third kappa shape index (κ3) is 4.40. The van der Waals surface area contributed by atoms with Gasteiger partial charge >= 0.3 is 5.97 Å². The lowest BCUT2D eigenvalue weighted by atomic mass is 9.74. The summed E-state index contributed by atoms with van der Waals surface area (Å²) in [6.07, 6.45) is 7.57. The molecule has 1 aliphatic heterocycles. The van der Waals surface area contributed by atoms with E-state index >= 15 is 0 Å². The van der Waals surface area contributed by atoms with Crippen LogP contribution in [0.25, 0.3) is 0 Å². The maximum Gasteiger partial charge on any atom is 0.335 e. The first-order chi connectivity index (χ1) is 12.0. The first kappa shape index (κ1) is 17.5. The zero-order chi connectivity index (χ0) is 17.9. The number of benzene rings is 1. The smallest absolute Gasteiger partial charge is 0.335 e. The number of esters is 1. The van der Waals surface area contributed by atoms with Crippen molar-refractivity contribution in [3.8, 4) is 5.75 Å². The second-order valence-electron chi connectivity index (χ2n) is 6.87. The number of carbonyl (C=O) groups excluding carboxylic acids is 1. The highest BCUT2D eigenvalue weighted by molar-refractivity contribution is 5.83. The van der Waals surface area contributed by atoms with E-state index in [-0.39, 0.29) is 11.5 Å². The van der Waals surface area contributed by atoms with Gasteiger partial charge in [0.1, 0.15) is 18.5 Å². The van der Waals surface area contributed by atoms with Crippen molar-refractivity contribution in [3.63, 3.8) is 0 Å². The van der Waals surface area contributed by atoms with E-state index in [9.17, 15) is 4.79 Å². The second kappa shape index (κ2) is 7.28. The number of allylic oxidation sites excluding steroid dienone is 4. The number of epoxide rings is 1. The van der Waals surface area contributed by atoms with Gasteiger partial charge in [-0.1, -0.05) is 44.2 Å². The van der Waals surface area contributed by atoms with Gasteiger partial charge in [-0.15, -0.1) is 0 Å². The molecule has 0 amide bonds. The molecular formula is C21H24O4. The van der Waals surface area contributed by atoms with Gasteiger partial charge in [-0.3, -0.25) is 0 Å². The van der Waals surface area contributed by atoms with Crippen LogP contribution in [0.3, 0.4) is 0 Å². The molecule has 4 nitrogen and oxygen atoms in total. The third-order valence-corrected chi connectivity index (χ3v) is 4.73. The van der Waals surface area contributed by atoms with Gasteiger partial charge in [0.15, 0.2) is 0 Å². The fourth-order valence-electron chi connectivity index (χ4n) is 2.91. The van der Waals surface area contributed by atoms with Crippen molar-refractivity contribution in [3.05, 3.63) is 66.0 Å². The molecule has 0 N–H and O–H groups in total. The average Bonchev–Trinajstić information content (AvgIpc) is 3.45. The van der Waals surface area contributed by atoms with Crippen LogP contribution < -0.4 is 4.74 Å². The van der Waals surface area contributed by atoms with Crippen molar-refractivity contribution < 1.29 is 19.0 Å². The number of ether oxygens (including phenoxy) is 3. The van der Waals surface area contributed by atoms with E-state index in [1.54, 1.807) is 0 Å². The Morgan fingerprint density at radius 3 is 2.56 bits per heavy atom. The lowest BCUT2D eigenvalue weighted by molar-refractivity contribution is -0.128. The monoisotopic (exact) mass is 340 g/mol. The molecule has 1 aliphatic carbocycles. The summed E-state index contributed by atoms with van der Waals surface area (Å²) in [7, 11) is 0. The molecule has 25 heavy (non-hydrogen) atoms. The Morgan fingerprint density at radius 1 is 1.28 bits per heavy atom. The summed E-state index contributed by atoms with van der Waals surface area (Å²) in [6.45, 7) is 9.30. The van der Waals surface area contributed by atoms with E-state index in [1.165, 1.54) is 11.1 Å². The minimum atomic E-state index is -0.448. The Bertz CT molecular complexity index is 706. The SMILES string of the molecule is C=CC(=O)Oc1ccc(C(C)(C)C2=CC=C(OCC3CO3)CC2)cc1. The molecule has 1 atom stereocenters. The highest BCUT2D eigenvalue weighted by Crippen LogP contribution is 2.37. The highest BCUT2D eigenvalue weighted by atomic mass is 16.6. The fourth-order valence-corrected chi connectivity index (χ4v) is 2.91. The second-order valence-corrected chi connectivity index (χ2v) is 6.87. The van der Waals surface area contributed by atoms with E-state index in [0.29, 0.717) is 12.4 Å². The molecule has 3 rings (SSSR count). The molecule has 0 radical (unpaired) electrons. The highest BCUT2D eigenvalue weighted by Gasteiger charge is 2.28. The van der Waals surface area contributed by atoms with Gasteiger partial charge in [0, 0.05) is 17.9 Å². The van der Waals surface area contributed by atoms with E-state index < -0.39 is 5.97 Å². The summed E-state index contributed by atoms with van der Waals surface area (Å²) < 4.78 is 16.1. The molecule has 1 heterocycles. The van der Waals surface area contributed by atoms with Gasteiger partial charge < -0.3 is 14.2 Å². The maximum absolute atomic E-state index is 11.3. The molecule has 1 aromatic carbocycles. The average molecular weight is 340 g/mol. The first-order valence-electron chi connectivity index (χ1n) is 8.58. The number of carbonyl (C=O) groups is 1. The third-order valence-electron chi connectivity index (χ3n) is 4.73. The van der Waals surface area contributed by atoms with E-state index in [2.05, 4.69) is 32.6 Å². The quantitative estimate of drug-likeness (QED) is 0.325. The standard InChI is InChI=1S/C21H24O4/c1-4-20(22)25-18-11-7-16(8-12-18)21(2,3)15-5-9-17(10-6-15)23-13-19-14-24-19/h4-5,7-9,11-12,19H,1,6,10,13-14H2,2-3H3. The molecule has 1 fully saturated rings. The van der Waals surface area contributed by atoms with Crippen LogP contribution in [0.2, 0.25) is 0 Å². The molecule has 1 unspecified atom stereocenters. The van der Waals surface area contributed by atoms with Crippen LogP contribution in [-0.2, 0) is 19.7 Å². The van der Waals surface area contributed by atoms with Crippen LogP contribution in [0.4, 0.5) is 0 Å². The van der Waals surface area contributed by atoms with Crippen LogP contribution in [0.5, 0.6) is 5.75 Å². The van der Waals surface area contributed by atoms with Gasteiger partial charge in [0.25, 0.3) is 0 Å². The van der Waals surface area contributed by atoms with Crippen LogP contribution in [0, 0.1) is 0 Å². The van der Waals surface area contributed by atoms with Crippen LogP contribution in [0.15, 0.2) is 60.4 Å². The molecule has 0 spiro atoms. The molecule has 1 aromatic rings. The molecule has 4 heteroatoms. The summed E-state index contributed by atoms with van der Waals surface area (Å²) in [5.74, 6) is 1.11. The first-order valence-corrected chi connectivity index (χ1v) is 8.58. The normalized spacial score (nSPS) is 19.5. The summed E-state index contributed by atoms with van der Waals surface area (Å²) >= 11 is 0. The Morgan fingerprint density at radius 2 is 2.00 bits per heavy atom. The molecule has 132 valence electrons.